The van der Waals surface area contributed by atoms with Gasteiger partial charge in [-0.05, 0) is 56.3 Å². The van der Waals surface area contributed by atoms with Crippen molar-refractivity contribution in [1.82, 2.24) is 19.7 Å². The number of alkyl halides is 3. The average Bonchev–Trinajstić information content (AvgIpc) is 3.41. The van der Waals surface area contributed by atoms with Crippen molar-refractivity contribution < 1.29 is 18.3 Å². The number of hydrogen-bond donors (Lipinski definition) is 2. The molecule has 2 heterocycles. The molecule has 0 aliphatic carbocycles. The first kappa shape index (κ1) is 23.7. The predicted molar refractivity (Wildman–Crippen MR) is 128 cm³/mol. The quantitative estimate of drug-likeness (QED) is 0.289. The van der Waals surface area contributed by atoms with Gasteiger partial charge in [-0.2, -0.15) is 5.10 Å². The van der Waals surface area contributed by atoms with Gasteiger partial charge in [-0.15, -0.1) is 8.78 Å². The molecule has 0 radical (unpaired) electrons. The molecule has 0 saturated heterocycles. The van der Waals surface area contributed by atoms with E-state index < -0.39 is 5.57 Å². The molecule has 0 atom stereocenters. The number of benzene rings is 2. The van der Waals surface area contributed by atoms with Crippen molar-refractivity contribution in [3.63, 3.8) is 0 Å². The van der Waals surface area contributed by atoms with E-state index in [1.165, 1.54) is 24.3 Å². The van der Waals surface area contributed by atoms with Crippen molar-refractivity contribution in [3.05, 3.63) is 60.0 Å². The number of imidazole rings is 1. The first-order valence-corrected chi connectivity index (χ1v) is 11.1. The number of H-pyrrole nitrogens is 1. The summed E-state index contributed by atoms with van der Waals surface area (Å²) in [5.74, 6) is 0.614. The number of anilines is 1. The van der Waals surface area contributed by atoms with Crippen LogP contribution in [0.4, 0.5) is 14.5 Å². The molecule has 2 aromatic heterocycles. The van der Waals surface area contributed by atoms with E-state index in [0.29, 0.717) is 16.8 Å². The van der Waals surface area contributed by atoms with Crippen LogP contribution in [0, 0.1) is 0 Å². The lowest BCUT2D eigenvalue weighted by molar-refractivity contribution is -0.0964. The van der Waals surface area contributed by atoms with Crippen LogP contribution in [-0.2, 0) is 0 Å². The van der Waals surface area contributed by atoms with Gasteiger partial charge in [-0.1, -0.05) is 13.8 Å². The molecule has 0 fully saturated rings. The van der Waals surface area contributed by atoms with Gasteiger partial charge in [0, 0.05) is 46.6 Å². The highest BCUT2D eigenvalue weighted by atomic mass is 35.5. The summed E-state index contributed by atoms with van der Waals surface area (Å²) in [6.45, 7) is 8.35. The minimum Gasteiger partial charge on any atom is -0.420 e. The van der Waals surface area contributed by atoms with Gasteiger partial charge in [0.25, 0.3) is 5.91 Å². The molecule has 4 aromatic rings. The number of nitrogens with one attached hydrogen (secondary N) is 2. The molecule has 7 nitrogen and oxygen atoms in total. The van der Waals surface area contributed by atoms with E-state index in [4.69, 9.17) is 16.6 Å². The molecule has 0 unspecified atom stereocenters. The first-order chi connectivity index (χ1) is 16.0. The Balaban J connectivity index is 1.74. The van der Waals surface area contributed by atoms with Crippen LogP contribution >= 0.6 is 11.6 Å². The fourth-order valence-corrected chi connectivity index (χ4v) is 3.95. The minimum atomic E-state index is -3.81. The largest absolute Gasteiger partial charge is 0.487 e. The van der Waals surface area contributed by atoms with Gasteiger partial charge in [0.15, 0.2) is 0 Å². The van der Waals surface area contributed by atoms with E-state index in [9.17, 15) is 13.6 Å². The summed E-state index contributed by atoms with van der Waals surface area (Å²) in [7, 11) is 0. The molecule has 0 aliphatic heterocycles. The maximum atomic E-state index is 13.1. The molecule has 34 heavy (non-hydrogen) atoms. The summed E-state index contributed by atoms with van der Waals surface area (Å²) in [5.41, 5.74) is 0.187. The highest BCUT2D eigenvalue weighted by molar-refractivity contribution is 6.20. The van der Waals surface area contributed by atoms with Crippen LogP contribution in [0.5, 0.6) is 5.75 Å². The number of nitrogens with zero attached hydrogens (tertiary/aromatic N) is 3. The van der Waals surface area contributed by atoms with Gasteiger partial charge >= 0.3 is 5.57 Å². The maximum absolute atomic E-state index is 13.1. The summed E-state index contributed by atoms with van der Waals surface area (Å²) in [4.78, 5) is 18.0. The number of amides is 1. The highest BCUT2D eigenvalue weighted by Gasteiger charge is 2.27. The number of rotatable bonds is 7. The monoisotopic (exact) mass is 487 g/mol. The Morgan fingerprint density at radius 2 is 1.85 bits per heavy atom. The van der Waals surface area contributed by atoms with Crippen LogP contribution in [0.1, 0.15) is 55.8 Å². The molecule has 2 aromatic carbocycles. The number of hydrogen-bond acceptors (Lipinski definition) is 4. The third-order valence-electron chi connectivity index (χ3n) is 5.24. The fourth-order valence-electron chi connectivity index (χ4n) is 3.86. The number of carbonyl (C=O) groups excluding carboxylic acids is 1. The number of aromatic amines is 1. The summed E-state index contributed by atoms with van der Waals surface area (Å²) in [6, 6.07) is 11.0. The Morgan fingerprint density at radius 1 is 1.15 bits per heavy atom. The van der Waals surface area contributed by atoms with Gasteiger partial charge in [-0.3, -0.25) is 9.89 Å². The highest BCUT2D eigenvalue weighted by Crippen LogP contribution is 2.34. The molecule has 4 rings (SSSR count). The Kier molecular flexibility index (Phi) is 6.31. The van der Waals surface area contributed by atoms with E-state index in [-0.39, 0.29) is 23.6 Å². The third kappa shape index (κ3) is 4.89. The van der Waals surface area contributed by atoms with E-state index in [2.05, 4.69) is 52.5 Å². The zero-order valence-electron chi connectivity index (χ0n) is 19.1. The van der Waals surface area contributed by atoms with E-state index in [1.807, 2.05) is 6.07 Å². The van der Waals surface area contributed by atoms with Crippen molar-refractivity contribution >= 4 is 34.2 Å². The summed E-state index contributed by atoms with van der Waals surface area (Å²) >= 11 is 4.79. The molecular formula is C24H24ClF2N5O2. The smallest absolute Gasteiger partial charge is 0.420 e. The Morgan fingerprint density at radius 3 is 2.41 bits per heavy atom. The molecule has 10 heteroatoms. The zero-order valence-corrected chi connectivity index (χ0v) is 19.8. The predicted octanol–water partition coefficient (Wildman–Crippen LogP) is 6.55. The van der Waals surface area contributed by atoms with E-state index >= 15 is 0 Å². The molecule has 0 aliphatic rings. The number of fused-ring (bicyclic) bond motifs is 1. The molecule has 0 saturated carbocycles. The van der Waals surface area contributed by atoms with Gasteiger partial charge in [0.05, 0.1) is 16.7 Å². The average molecular weight is 488 g/mol. The zero-order chi connectivity index (χ0) is 24.6. The molecular weight excluding hydrogens is 464 g/mol. The van der Waals surface area contributed by atoms with Crippen molar-refractivity contribution in [2.75, 3.05) is 5.32 Å². The minimum absolute atomic E-state index is 0.124. The molecule has 1 amide bonds. The lowest BCUT2D eigenvalue weighted by atomic mass is 10.0. The Hall–Kier alpha value is -3.46. The van der Waals surface area contributed by atoms with Crippen LogP contribution in [0.2, 0.25) is 0 Å². The molecule has 178 valence electrons. The van der Waals surface area contributed by atoms with Crippen molar-refractivity contribution in [3.8, 4) is 17.0 Å². The number of carbonyl (C=O) groups is 1. The lowest BCUT2D eigenvalue weighted by Gasteiger charge is -2.17. The fraction of sp³-hybridized carbons (Fsp3) is 0.292. The number of ether oxygens (including phenoxy) is 1. The van der Waals surface area contributed by atoms with Crippen LogP contribution in [0.15, 0.2) is 48.7 Å². The first-order valence-electron chi connectivity index (χ1n) is 10.8. The van der Waals surface area contributed by atoms with Crippen molar-refractivity contribution in [2.24, 2.45) is 0 Å². The second-order valence-corrected chi connectivity index (χ2v) is 8.92. The second kappa shape index (κ2) is 9.06. The normalized spacial score (nSPS) is 12.0. The van der Waals surface area contributed by atoms with E-state index in [0.717, 1.165) is 22.6 Å². The summed E-state index contributed by atoms with van der Waals surface area (Å²) in [5, 5.41) is 9.83. The number of halogens is 3. The summed E-state index contributed by atoms with van der Waals surface area (Å²) in [6.07, 6.45) is 1.65. The Bertz CT molecular complexity index is 1310. The van der Waals surface area contributed by atoms with E-state index in [1.54, 1.807) is 18.3 Å². The second-order valence-electron chi connectivity index (χ2n) is 8.48. The Labute approximate surface area is 200 Å². The number of aromatic nitrogens is 4. The van der Waals surface area contributed by atoms with Gasteiger partial charge in [-0.25, -0.2) is 4.98 Å². The third-order valence-corrected chi connectivity index (χ3v) is 5.32. The van der Waals surface area contributed by atoms with Gasteiger partial charge < -0.3 is 14.6 Å². The van der Waals surface area contributed by atoms with Crippen molar-refractivity contribution in [1.29, 1.82) is 0 Å². The standard InChI is InChI=1S/C24H24ClF2N5O2/c1-13(2)22-30-20-12-15(11-18(19-9-10-28-31-19)21(20)32(22)14(3)4)23(33)29-16-5-7-17(8-6-16)34-24(25,26)27/h5-14H,1-4H3,(H,28,31)(H,29,33). The molecule has 0 spiro atoms. The maximum Gasteiger partial charge on any atom is 0.487 e. The van der Waals surface area contributed by atoms with Gasteiger partial charge in [0.1, 0.15) is 11.6 Å². The summed E-state index contributed by atoms with van der Waals surface area (Å²) < 4.78 is 32.1. The molecule has 2 N–H and O–H groups in total. The lowest BCUT2D eigenvalue weighted by Crippen LogP contribution is -2.16. The van der Waals surface area contributed by atoms with Gasteiger partial charge in [0.2, 0.25) is 0 Å². The van der Waals surface area contributed by atoms with Crippen LogP contribution in [-0.4, -0.2) is 31.2 Å². The van der Waals surface area contributed by atoms with Crippen LogP contribution < -0.4 is 10.1 Å². The SMILES string of the molecule is CC(C)c1nc2cc(C(=O)Nc3ccc(OC(F)(F)Cl)cc3)cc(-c3ccn[nH]3)c2n1C(C)C. The molecule has 0 bridgehead atoms. The van der Waals surface area contributed by atoms with Crippen LogP contribution in [0.25, 0.3) is 22.3 Å². The topological polar surface area (TPSA) is 84.8 Å². The van der Waals surface area contributed by atoms with Crippen molar-refractivity contribution in [2.45, 2.75) is 45.2 Å². The van der Waals surface area contributed by atoms with Crippen LogP contribution in [0.3, 0.4) is 0 Å².